The Balaban J connectivity index is 1.18. The minimum Gasteiger partial charge on any atom is -0.486 e. The third-order valence-corrected chi connectivity index (χ3v) is 8.03. The van der Waals surface area contributed by atoms with Crippen LogP contribution in [-0.4, -0.2) is 58.7 Å². The van der Waals surface area contributed by atoms with E-state index >= 15 is 0 Å². The summed E-state index contributed by atoms with van der Waals surface area (Å²) in [5, 5.41) is 6.34. The van der Waals surface area contributed by atoms with Crippen LogP contribution in [0.4, 0.5) is 5.69 Å². The van der Waals surface area contributed by atoms with E-state index in [1.165, 1.54) is 23.1 Å². The van der Waals surface area contributed by atoms with E-state index in [9.17, 15) is 9.59 Å². The van der Waals surface area contributed by atoms with Gasteiger partial charge in [-0.1, -0.05) is 6.08 Å². The van der Waals surface area contributed by atoms with Crippen molar-refractivity contribution in [1.82, 2.24) is 14.9 Å². The number of hydrogen-bond donors (Lipinski definition) is 1. The van der Waals surface area contributed by atoms with E-state index in [-0.39, 0.29) is 17.7 Å². The lowest BCUT2D eigenvalue weighted by Crippen LogP contribution is -2.38. The zero-order valence-corrected chi connectivity index (χ0v) is 21.3. The number of thiazole rings is 1. The molecule has 3 aromatic rings. The molecule has 2 aromatic heterocycles. The molecule has 2 aliphatic rings. The number of rotatable bonds is 7. The highest BCUT2D eigenvalue weighted by molar-refractivity contribution is 7.99. The van der Waals surface area contributed by atoms with Crippen molar-refractivity contribution in [3.05, 3.63) is 70.8 Å². The number of fused-ring (bicyclic) bond motifs is 1. The van der Waals surface area contributed by atoms with E-state index in [4.69, 9.17) is 9.47 Å². The quantitative estimate of drug-likeness (QED) is 0.350. The van der Waals surface area contributed by atoms with Gasteiger partial charge < -0.3 is 19.7 Å². The van der Waals surface area contributed by atoms with Crippen molar-refractivity contribution >= 4 is 40.6 Å². The standard InChI is InChI=1S/C26H26N4O4S2/c1-2-14-35-25-19(4-3-9-27-25)26(32)30-10-7-17(8-11-30)24-29-20(16-36-24)23(31)28-18-5-6-21-22(15-18)34-13-12-33-21/h2-6,9,15-17H,1,7-8,10-14H2,(H,28,31). The third kappa shape index (κ3) is 5.39. The first-order valence-electron chi connectivity index (χ1n) is 11.8. The van der Waals surface area contributed by atoms with Crippen LogP contribution in [0.25, 0.3) is 0 Å². The number of carbonyl (C=O) groups is 2. The zero-order valence-electron chi connectivity index (χ0n) is 19.6. The van der Waals surface area contributed by atoms with E-state index in [2.05, 4.69) is 21.9 Å². The minimum absolute atomic E-state index is 0.00625. The van der Waals surface area contributed by atoms with Crippen LogP contribution in [0.15, 0.2) is 59.6 Å². The van der Waals surface area contributed by atoms with Crippen molar-refractivity contribution in [3.63, 3.8) is 0 Å². The second-order valence-corrected chi connectivity index (χ2v) is 10.3. The van der Waals surface area contributed by atoms with Crippen LogP contribution in [-0.2, 0) is 0 Å². The van der Waals surface area contributed by atoms with Gasteiger partial charge in [0, 0.05) is 48.1 Å². The van der Waals surface area contributed by atoms with E-state index < -0.39 is 0 Å². The topological polar surface area (TPSA) is 93.7 Å². The normalized spacial score (nSPS) is 15.4. The number of carbonyl (C=O) groups excluding carboxylic acids is 2. The van der Waals surface area contributed by atoms with Crippen LogP contribution < -0.4 is 14.8 Å². The molecule has 5 rings (SSSR count). The molecule has 10 heteroatoms. The van der Waals surface area contributed by atoms with Gasteiger partial charge in [0.05, 0.1) is 10.6 Å². The number of amides is 2. The highest BCUT2D eigenvalue weighted by Gasteiger charge is 2.28. The Labute approximate surface area is 217 Å². The minimum atomic E-state index is -0.261. The molecule has 8 nitrogen and oxygen atoms in total. The van der Waals surface area contributed by atoms with Crippen LogP contribution in [0.3, 0.4) is 0 Å². The molecule has 2 amide bonds. The molecular weight excluding hydrogens is 496 g/mol. The maximum absolute atomic E-state index is 13.1. The molecule has 1 saturated heterocycles. The summed E-state index contributed by atoms with van der Waals surface area (Å²) in [6.07, 6.45) is 5.12. The molecular formula is C26H26N4O4S2. The maximum Gasteiger partial charge on any atom is 0.275 e. The fraction of sp³-hybridized carbons (Fsp3) is 0.308. The average Bonchev–Trinajstić information content (AvgIpc) is 3.42. The van der Waals surface area contributed by atoms with Crippen molar-refractivity contribution < 1.29 is 19.1 Å². The lowest BCUT2D eigenvalue weighted by Gasteiger charge is -2.31. The fourth-order valence-electron chi connectivity index (χ4n) is 4.20. The van der Waals surface area contributed by atoms with Crippen molar-refractivity contribution in [3.8, 4) is 11.5 Å². The molecule has 186 valence electrons. The van der Waals surface area contributed by atoms with E-state index in [1.54, 1.807) is 41.9 Å². The Morgan fingerprint density at radius 3 is 2.81 bits per heavy atom. The molecule has 0 saturated carbocycles. The second-order valence-electron chi connectivity index (χ2n) is 8.41. The SMILES string of the molecule is C=CCSc1ncccc1C(=O)N1CCC(c2nc(C(=O)Nc3ccc4c(c3)OCCO4)cs2)CC1. The van der Waals surface area contributed by atoms with Crippen molar-refractivity contribution in [1.29, 1.82) is 0 Å². The highest BCUT2D eigenvalue weighted by atomic mass is 32.2. The molecule has 1 fully saturated rings. The van der Waals surface area contributed by atoms with Gasteiger partial charge in [-0.2, -0.15) is 0 Å². The Bertz CT molecular complexity index is 1270. The Kier molecular flexibility index (Phi) is 7.52. The van der Waals surface area contributed by atoms with Crippen LogP contribution >= 0.6 is 23.1 Å². The van der Waals surface area contributed by atoms with Gasteiger partial charge in [-0.25, -0.2) is 9.97 Å². The number of hydrogen-bond acceptors (Lipinski definition) is 8. The molecule has 1 N–H and O–H groups in total. The Morgan fingerprint density at radius 1 is 1.19 bits per heavy atom. The maximum atomic E-state index is 13.1. The molecule has 0 radical (unpaired) electrons. The van der Waals surface area contributed by atoms with Gasteiger partial charge >= 0.3 is 0 Å². The molecule has 36 heavy (non-hydrogen) atoms. The number of pyridine rings is 1. The fourth-order valence-corrected chi connectivity index (χ4v) is 5.90. The van der Waals surface area contributed by atoms with Gasteiger partial charge in [0.15, 0.2) is 11.5 Å². The first kappa shape index (κ1) is 24.3. The summed E-state index contributed by atoms with van der Waals surface area (Å²) in [5.41, 5.74) is 1.66. The summed E-state index contributed by atoms with van der Waals surface area (Å²) in [4.78, 5) is 36.8. The second kappa shape index (κ2) is 11.1. The summed E-state index contributed by atoms with van der Waals surface area (Å²) in [5.74, 6) is 1.97. The molecule has 0 unspecified atom stereocenters. The molecule has 1 aromatic carbocycles. The number of piperidine rings is 1. The van der Waals surface area contributed by atoms with E-state index in [0.29, 0.717) is 60.5 Å². The molecule has 0 aliphatic carbocycles. The predicted molar refractivity (Wildman–Crippen MR) is 141 cm³/mol. The van der Waals surface area contributed by atoms with Gasteiger partial charge in [-0.05, 0) is 37.1 Å². The molecule has 0 atom stereocenters. The molecule has 0 spiro atoms. The van der Waals surface area contributed by atoms with Crippen LogP contribution in [0.2, 0.25) is 0 Å². The van der Waals surface area contributed by atoms with E-state index in [1.807, 2.05) is 11.0 Å². The molecule has 2 aliphatic heterocycles. The first-order valence-corrected chi connectivity index (χ1v) is 13.6. The third-order valence-electron chi connectivity index (χ3n) is 6.03. The summed E-state index contributed by atoms with van der Waals surface area (Å²) in [6.45, 7) is 6.03. The van der Waals surface area contributed by atoms with Crippen molar-refractivity contribution in [2.24, 2.45) is 0 Å². The predicted octanol–water partition coefficient (Wildman–Crippen LogP) is 4.86. The largest absolute Gasteiger partial charge is 0.486 e. The number of anilines is 1. The molecule has 4 heterocycles. The summed E-state index contributed by atoms with van der Waals surface area (Å²) >= 11 is 3.01. The summed E-state index contributed by atoms with van der Waals surface area (Å²) < 4.78 is 11.1. The zero-order chi connectivity index (χ0) is 24.9. The lowest BCUT2D eigenvalue weighted by atomic mass is 9.97. The first-order chi connectivity index (χ1) is 17.6. The van der Waals surface area contributed by atoms with Gasteiger partial charge in [0.1, 0.15) is 23.9 Å². The monoisotopic (exact) mass is 522 g/mol. The van der Waals surface area contributed by atoms with Crippen molar-refractivity contribution in [2.45, 2.75) is 23.8 Å². The Hall–Kier alpha value is -3.37. The van der Waals surface area contributed by atoms with Crippen molar-refractivity contribution in [2.75, 3.05) is 37.4 Å². The number of benzene rings is 1. The summed E-state index contributed by atoms with van der Waals surface area (Å²) in [7, 11) is 0. The number of ether oxygens (including phenoxy) is 2. The number of likely N-dealkylation sites (tertiary alicyclic amines) is 1. The van der Waals surface area contributed by atoms with Crippen LogP contribution in [0.5, 0.6) is 11.5 Å². The van der Waals surface area contributed by atoms with Gasteiger partial charge in [0.25, 0.3) is 11.8 Å². The van der Waals surface area contributed by atoms with E-state index in [0.717, 1.165) is 22.9 Å². The van der Waals surface area contributed by atoms with Gasteiger partial charge in [-0.3, -0.25) is 9.59 Å². The van der Waals surface area contributed by atoms with Crippen LogP contribution in [0.1, 0.15) is 44.6 Å². The smallest absolute Gasteiger partial charge is 0.275 e. The number of nitrogens with zero attached hydrogens (tertiary/aromatic N) is 3. The van der Waals surface area contributed by atoms with Gasteiger partial charge in [0.2, 0.25) is 0 Å². The lowest BCUT2D eigenvalue weighted by molar-refractivity contribution is 0.0708. The van der Waals surface area contributed by atoms with Gasteiger partial charge in [-0.15, -0.1) is 29.7 Å². The average molecular weight is 523 g/mol. The number of thioether (sulfide) groups is 1. The molecule has 0 bridgehead atoms. The number of aromatic nitrogens is 2. The summed E-state index contributed by atoms with van der Waals surface area (Å²) in [6, 6.07) is 8.97. The number of nitrogens with one attached hydrogen (secondary N) is 1. The van der Waals surface area contributed by atoms with Crippen LogP contribution in [0, 0.1) is 0 Å². The Morgan fingerprint density at radius 2 is 2.00 bits per heavy atom. The highest BCUT2D eigenvalue weighted by Crippen LogP contribution is 2.34.